The fourth-order valence-electron chi connectivity index (χ4n) is 3.92. The number of carbonyl (C=O) groups is 1. The second kappa shape index (κ2) is 6.59. The number of halogens is 1. The van der Waals surface area contributed by atoms with Crippen LogP contribution in [0.1, 0.15) is 56.1 Å². The minimum atomic E-state index is -0.196. The van der Waals surface area contributed by atoms with E-state index in [1.54, 1.807) is 0 Å². The third kappa shape index (κ3) is 3.02. The summed E-state index contributed by atoms with van der Waals surface area (Å²) < 4.78 is 5.48. The molecule has 3 rings (SSSR count). The predicted octanol–water partition coefficient (Wildman–Crippen LogP) is 4.17. The lowest BCUT2D eigenvalue weighted by atomic mass is 9.90. The van der Waals surface area contributed by atoms with Crippen molar-refractivity contribution in [2.75, 3.05) is 13.6 Å². The van der Waals surface area contributed by atoms with Gasteiger partial charge in [0.05, 0.1) is 5.02 Å². The molecule has 4 heteroatoms. The van der Waals surface area contributed by atoms with E-state index in [9.17, 15) is 4.79 Å². The van der Waals surface area contributed by atoms with Crippen molar-refractivity contribution >= 4 is 17.6 Å². The molecule has 1 aromatic rings. The van der Waals surface area contributed by atoms with Gasteiger partial charge in [0, 0.05) is 19.0 Å². The molecule has 0 radical (unpaired) electrons. The highest BCUT2D eigenvalue weighted by atomic mass is 35.5. The number of esters is 1. The molecule has 1 aromatic carbocycles. The third-order valence-corrected chi connectivity index (χ3v) is 5.35. The zero-order valence-electron chi connectivity index (χ0n) is 13.4. The first-order chi connectivity index (χ1) is 10.6. The van der Waals surface area contributed by atoms with Gasteiger partial charge in [-0.25, -0.2) is 0 Å². The van der Waals surface area contributed by atoms with Crippen LogP contribution in [0.4, 0.5) is 0 Å². The summed E-state index contributed by atoms with van der Waals surface area (Å²) in [7, 11) is 2.22. The number of carbonyl (C=O) groups excluding carboxylic acids is 1. The van der Waals surface area contributed by atoms with Gasteiger partial charge in [-0.2, -0.15) is 0 Å². The molecule has 2 aliphatic rings. The maximum absolute atomic E-state index is 11.8. The van der Waals surface area contributed by atoms with E-state index in [1.165, 1.54) is 30.4 Å². The summed E-state index contributed by atoms with van der Waals surface area (Å²) in [6.45, 7) is 3.04. The van der Waals surface area contributed by atoms with Gasteiger partial charge in [0.2, 0.25) is 0 Å². The number of rotatable bonds is 3. The van der Waals surface area contributed by atoms with E-state index >= 15 is 0 Å². The van der Waals surface area contributed by atoms with Gasteiger partial charge >= 0.3 is 5.97 Å². The van der Waals surface area contributed by atoms with E-state index in [0.717, 1.165) is 19.4 Å². The van der Waals surface area contributed by atoms with Gasteiger partial charge in [0.15, 0.2) is 0 Å². The molecule has 0 amide bonds. The van der Waals surface area contributed by atoms with Gasteiger partial charge in [0.25, 0.3) is 0 Å². The Bertz CT molecular complexity index is 572. The summed E-state index contributed by atoms with van der Waals surface area (Å²) in [4.78, 5) is 14.3. The Labute approximate surface area is 137 Å². The Morgan fingerprint density at radius 1 is 1.41 bits per heavy atom. The van der Waals surface area contributed by atoms with Gasteiger partial charge < -0.3 is 9.64 Å². The van der Waals surface area contributed by atoms with E-state index in [4.69, 9.17) is 16.3 Å². The van der Waals surface area contributed by atoms with Crippen LogP contribution in [-0.2, 0) is 11.2 Å². The molecule has 1 aliphatic heterocycles. The van der Waals surface area contributed by atoms with Crippen molar-refractivity contribution in [3.05, 3.63) is 28.3 Å². The number of nitrogens with zero attached hydrogens (tertiary/aromatic N) is 1. The SMILES string of the molecule is CCCC(=O)Oc1cc2c(cc1Cl)CCN(C)C1CCCC21. The van der Waals surface area contributed by atoms with E-state index in [0.29, 0.717) is 29.2 Å². The van der Waals surface area contributed by atoms with Gasteiger partial charge in [0.1, 0.15) is 5.75 Å². The molecule has 0 spiro atoms. The number of fused-ring (bicyclic) bond motifs is 3. The number of likely N-dealkylation sites (N-methyl/N-ethyl adjacent to an activating group) is 1. The normalized spacial score (nSPS) is 24.5. The molecular formula is C18H24ClNO2. The second-order valence-corrected chi connectivity index (χ2v) is 6.95. The van der Waals surface area contributed by atoms with Crippen LogP contribution < -0.4 is 4.74 Å². The second-order valence-electron chi connectivity index (χ2n) is 6.54. The summed E-state index contributed by atoms with van der Waals surface area (Å²) in [6.07, 6.45) is 5.98. The van der Waals surface area contributed by atoms with Crippen molar-refractivity contribution < 1.29 is 9.53 Å². The summed E-state index contributed by atoms with van der Waals surface area (Å²) >= 11 is 6.35. The Morgan fingerprint density at radius 3 is 3.00 bits per heavy atom. The van der Waals surface area contributed by atoms with Crippen LogP contribution in [0.25, 0.3) is 0 Å². The van der Waals surface area contributed by atoms with Crippen LogP contribution in [0.3, 0.4) is 0 Å². The largest absolute Gasteiger partial charge is 0.425 e. The smallest absolute Gasteiger partial charge is 0.311 e. The Kier molecular flexibility index (Phi) is 4.74. The van der Waals surface area contributed by atoms with E-state index < -0.39 is 0 Å². The lowest BCUT2D eigenvalue weighted by Crippen LogP contribution is -2.32. The van der Waals surface area contributed by atoms with Crippen molar-refractivity contribution in [1.82, 2.24) is 4.90 Å². The van der Waals surface area contributed by atoms with Crippen molar-refractivity contribution in [3.63, 3.8) is 0 Å². The first-order valence-corrected chi connectivity index (χ1v) is 8.71. The van der Waals surface area contributed by atoms with E-state index in [1.807, 2.05) is 19.1 Å². The number of ether oxygens (including phenoxy) is 1. The molecule has 0 bridgehead atoms. The number of hydrogen-bond acceptors (Lipinski definition) is 3. The van der Waals surface area contributed by atoms with Crippen LogP contribution in [0.5, 0.6) is 5.75 Å². The molecule has 1 aliphatic carbocycles. The lowest BCUT2D eigenvalue weighted by Gasteiger charge is -2.27. The van der Waals surface area contributed by atoms with Crippen LogP contribution >= 0.6 is 11.6 Å². The van der Waals surface area contributed by atoms with Gasteiger partial charge in [-0.05, 0) is 61.9 Å². The van der Waals surface area contributed by atoms with Crippen LogP contribution in [0.2, 0.25) is 5.02 Å². The zero-order valence-corrected chi connectivity index (χ0v) is 14.2. The quantitative estimate of drug-likeness (QED) is 0.618. The molecule has 22 heavy (non-hydrogen) atoms. The Balaban J connectivity index is 1.94. The van der Waals surface area contributed by atoms with Gasteiger partial charge in [-0.1, -0.05) is 24.9 Å². The number of benzene rings is 1. The molecule has 0 aromatic heterocycles. The Hall–Kier alpha value is -1.06. The average molecular weight is 322 g/mol. The minimum Gasteiger partial charge on any atom is -0.425 e. The number of hydrogen-bond donors (Lipinski definition) is 0. The zero-order chi connectivity index (χ0) is 15.7. The molecule has 1 fully saturated rings. The van der Waals surface area contributed by atoms with Crippen LogP contribution in [0.15, 0.2) is 12.1 Å². The summed E-state index contributed by atoms with van der Waals surface area (Å²) in [5.74, 6) is 0.885. The highest BCUT2D eigenvalue weighted by molar-refractivity contribution is 6.32. The van der Waals surface area contributed by atoms with Gasteiger partial charge in [-0.3, -0.25) is 4.79 Å². The molecule has 2 atom stereocenters. The summed E-state index contributed by atoms with van der Waals surface area (Å²) in [5.41, 5.74) is 2.66. The first-order valence-electron chi connectivity index (χ1n) is 8.33. The lowest BCUT2D eigenvalue weighted by molar-refractivity contribution is -0.134. The van der Waals surface area contributed by atoms with Crippen molar-refractivity contribution in [1.29, 1.82) is 0 Å². The molecular weight excluding hydrogens is 298 g/mol. The molecule has 120 valence electrons. The van der Waals surface area contributed by atoms with Crippen molar-refractivity contribution in [2.45, 2.75) is 57.4 Å². The van der Waals surface area contributed by atoms with E-state index in [2.05, 4.69) is 11.9 Å². The first kappa shape index (κ1) is 15.8. The topological polar surface area (TPSA) is 29.5 Å². The fraction of sp³-hybridized carbons (Fsp3) is 0.611. The van der Waals surface area contributed by atoms with Crippen LogP contribution in [0, 0.1) is 0 Å². The molecule has 3 nitrogen and oxygen atoms in total. The monoisotopic (exact) mass is 321 g/mol. The van der Waals surface area contributed by atoms with Crippen LogP contribution in [-0.4, -0.2) is 30.5 Å². The predicted molar refractivity (Wildman–Crippen MR) is 88.7 cm³/mol. The summed E-state index contributed by atoms with van der Waals surface area (Å²) in [5, 5.41) is 0.558. The molecule has 1 heterocycles. The Morgan fingerprint density at radius 2 is 2.23 bits per heavy atom. The average Bonchev–Trinajstić information content (AvgIpc) is 2.92. The highest BCUT2D eigenvalue weighted by Crippen LogP contribution is 2.43. The minimum absolute atomic E-state index is 0.196. The standard InChI is InChI=1S/C18H24ClNO2/c1-3-5-18(21)22-17-11-14-12(10-15(17)19)8-9-20(2)16-7-4-6-13(14)16/h10-11,13,16H,3-9H2,1-2H3. The van der Waals surface area contributed by atoms with Gasteiger partial charge in [-0.15, -0.1) is 0 Å². The van der Waals surface area contributed by atoms with Crippen molar-refractivity contribution in [2.24, 2.45) is 0 Å². The maximum atomic E-state index is 11.8. The molecule has 0 N–H and O–H groups in total. The van der Waals surface area contributed by atoms with Crippen molar-refractivity contribution in [3.8, 4) is 5.75 Å². The molecule has 2 unspecified atom stereocenters. The molecule has 1 saturated carbocycles. The molecule has 0 saturated heterocycles. The summed E-state index contributed by atoms with van der Waals surface area (Å²) in [6, 6.07) is 4.66. The maximum Gasteiger partial charge on any atom is 0.311 e. The highest BCUT2D eigenvalue weighted by Gasteiger charge is 2.35. The van der Waals surface area contributed by atoms with E-state index in [-0.39, 0.29) is 5.97 Å². The fourth-order valence-corrected chi connectivity index (χ4v) is 4.15. The third-order valence-electron chi connectivity index (χ3n) is 5.05.